The highest BCUT2D eigenvalue weighted by Crippen LogP contribution is 2.30. The summed E-state index contributed by atoms with van der Waals surface area (Å²) in [4.78, 5) is 25.0. The molecule has 0 aliphatic heterocycles. The number of thiophene rings is 1. The van der Waals surface area contributed by atoms with Gasteiger partial charge < -0.3 is 10.4 Å². The summed E-state index contributed by atoms with van der Waals surface area (Å²) in [6.45, 7) is 1.93. The number of nitrogens with zero attached hydrogens (tertiary/aromatic N) is 2. The molecular weight excluding hydrogens is 374 g/mol. The van der Waals surface area contributed by atoms with E-state index in [4.69, 9.17) is 5.11 Å². The third-order valence-electron chi connectivity index (χ3n) is 4.34. The van der Waals surface area contributed by atoms with Gasteiger partial charge in [0, 0.05) is 11.1 Å². The summed E-state index contributed by atoms with van der Waals surface area (Å²) in [6, 6.07) is 18.5. The molecular formula is C21H17N3O3S. The highest BCUT2D eigenvalue weighted by molar-refractivity contribution is 7.20. The number of fused-ring (bicyclic) bond motifs is 1. The van der Waals surface area contributed by atoms with E-state index < -0.39 is 5.97 Å². The van der Waals surface area contributed by atoms with E-state index in [2.05, 4.69) is 10.4 Å². The normalized spacial score (nSPS) is 10.9. The Hall–Kier alpha value is -3.45. The van der Waals surface area contributed by atoms with Crippen LogP contribution in [0.3, 0.4) is 0 Å². The molecule has 2 N–H and O–H groups in total. The maximum atomic E-state index is 12.7. The Morgan fingerprint density at radius 3 is 2.50 bits per heavy atom. The van der Waals surface area contributed by atoms with Crippen molar-refractivity contribution in [1.82, 2.24) is 9.78 Å². The minimum absolute atomic E-state index is 0.0419. The maximum absolute atomic E-state index is 12.7. The fraction of sp³-hybridized carbons (Fsp3) is 0.0952. The molecule has 7 heteroatoms. The average Bonchev–Trinajstić information content (AvgIpc) is 3.24. The number of carboxylic acid groups (broad SMARTS) is 1. The molecule has 2 aromatic carbocycles. The van der Waals surface area contributed by atoms with Crippen molar-refractivity contribution in [3.05, 3.63) is 76.8 Å². The number of nitrogens with one attached hydrogen (secondary N) is 1. The topological polar surface area (TPSA) is 84.2 Å². The van der Waals surface area contributed by atoms with Crippen LogP contribution in [0.1, 0.15) is 20.9 Å². The van der Waals surface area contributed by atoms with E-state index in [9.17, 15) is 9.59 Å². The smallest absolute Gasteiger partial charge is 0.307 e. The first-order chi connectivity index (χ1) is 13.5. The van der Waals surface area contributed by atoms with Crippen LogP contribution in [0, 0.1) is 6.92 Å². The van der Waals surface area contributed by atoms with E-state index >= 15 is 0 Å². The molecule has 0 radical (unpaired) electrons. The molecule has 0 bridgehead atoms. The zero-order chi connectivity index (χ0) is 19.7. The standard InChI is InChI=1S/C21H17N3O3S/c1-13-17-12-18(28-21(17)24(23-13)16-5-3-2-4-6-16)20(27)22-15-9-7-14(8-10-15)11-19(25)26/h2-10,12H,11H2,1H3,(H,22,27)(H,25,26). The third-order valence-corrected chi connectivity index (χ3v) is 5.45. The molecule has 0 saturated carbocycles. The minimum Gasteiger partial charge on any atom is -0.481 e. The Morgan fingerprint density at radius 2 is 1.82 bits per heavy atom. The van der Waals surface area contributed by atoms with Gasteiger partial charge in [-0.05, 0) is 42.8 Å². The lowest BCUT2D eigenvalue weighted by Gasteiger charge is -2.05. The molecule has 0 spiro atoms. The first kappa shape index (κ1) is 17.9. The Bertz CT molecular complexity index is 1160. The first-order valence-electron chi connectivity index (χ1n) is 8.68. The van der Waals surface area contributed by atoms with Gasteiger partial charge in [0.05, 0.1) is 22.7 Å². The third kappa shape index (κ3) is 3.52. The van der Waals surface area contributed by atoms with Gasteiger partial charge in [-0.1, -0.05) is 30.3 Å². The van der Waals surface area contributed by atoms with Crippen LogP contribution in [-0.4, -0.2) is 26.8 Å². The number of hydrogen-bond acceptors (Lipinski definition) is 4. The number of para-hydroxylation sites is 1. The van der Waals surface area contributed by atoms with E-state index in [1.165, 1.54) is 11.3 Å². The maximum Gasteiger partial charge on any atom is 0.307 e. The van der Waals surface area contributed by atoms with Gasteiger partial charge in [0.1, 0.15) is 4.83 Å². The van der Waals surface area contributed by atoms with Gasteiger partial charge >= 0.3 is 5.97 Å². The summed E-state index contributed by atoms with van der Waals surface area (Å²) in [7, 11) is 0. The van der Waals surface area contributed by atoms with Crippen LogP contribution in [-0.2, 0) is 11.2 Å². The summed E-state index contributed by atoms with van der Waals surface area (Å²) >= 11 is 1.39. The second-order valence-electron chi connectivity index (χ2n) is 6.38. The van der Waals surface area contributed by atoms with Gasteiger partial charge in [-0.15, -0.1) is 11.3 Å². The van der Waals surface area contributed by atoms with Crippen LogP contribution in [0.25, 0.3) is 15.9 Å². The van der Waals surface area contributed by atoms with Crippen LogP contribution in [0.2, 0.25) is 0 Å². The van der Waals surface area contributed by atoms with Crippen molar-refractivity contribution in [3.63, 3.8) is 0 Å². The molecule has 0 aliphatic rings. The van der Waals surface area contributed by atoms with Gasteiger partial charge in [0.15, 0.2) is 0 Å². The van der Waals surface area contributed by atoms with Crippen molar-refractivity contribution in [2.45, 2.75) is 13.3 Å². The minimum atomic E-state index is -0.884. The lowest BCUT2D eigenvalue weighted by Crippen LogP contribution is -2.10. The van der Waals surface area contributed by atoms with Crippen molar-refractivity contribution in [1.29, 1.82) is 0 Å². The number of carbonyl (C=O) groups is 2. The molecule has 0 atom stereocenters. The molecule has 4 rings (SSSR count). The summed E-state index contributed by atoms with van der Waals surface area (Å²) < 4.78 is 1.85. The molecule has 0 fully saturated rings. The second kappa shape index (κ2) is 7.28. The molecule has 6 nitrogen and oxygen atoms in total. The van der Waals surface area contributed by atoms with Crippen LogP contribution >= 0.6 is 11.3 Å². The Labute approximate surface area is 165 Å². The fourth-order valence-electron chi connectivity index (χ4n) is 2.98. The highest BCUT2D eigenvalue weighted by atomic mass is 32.1. The summed E-state index contributed by atoms with van der Waals surface area (Å²) in [6.07, 6.45) is -0.0419. The number of anilines is 1. The Balaban J connectivity index is 1.59. The monoisotopic (exact) mass is 391 g/mol. The van der Waals surface area contributed by atoms with Gasteiger partial charge in [0.25, 0.3) is 5.91 Å². The number of aliphatic carboxylic acids is 1. The van der Waals surface area contributed by atoms with Crippen LogP contribution in [0.4, 0.5) is 5.69 Å². The molecule has 4 aromatic rings. The zero-order valence-corrected chi connectivity index (χ0v) is 15.9. The molecule has 2 heterocycles. The first-order valence-corrected chi connectivity index (χ1v) is 9.49. The van der Waals surface area contributed by atoms with Crippen LogP contribution in [0.15, 0.2) is 60.7 Å². The van der Waals surface area contributed by atoms with Crippen LogP contribution < -0.4 is 5.32 Å². The number of hydrogen-bond donors (Lipinski definition) is 2. The summed E-state index contributed by atoms with van der Waals surface area (Å²) in [5, 5.41) is 17.2. The largest absolute Gasteiger partial charge is 0.481 e. The zero-order valence-electron chi connectivity index (χ0n) is 15.0. The number of rotatable bonds is 5. The molecule has 28 heavy (non-hydrogen) atoms. The number of aryl methyl sites for hydroxylation is 1. The number of benzene rings is 2. The average molecular weight is 391 g/mol. The molecule has 0 unspecified atom stereocenters. The van der Waals surface area contributed by atoms with Crippen molar-refractivity contribution in [2.75, 3.05) is 5.32 Å². The predicted octanol–water partition coefficient (Wildman–Crippen LogP) is 4.27. The number of carboxylic acids is 1. The number of amides is 1. The van der Waals surface area contributed by atoms with E-state index in [0.717, 1.165) is 21.6 Å². The lowest BCUT2D eigenvalue weighted by molar-refractivity contribution is -0.136. The van der Waals surface area contributed by atoms with Gasteiger partial charge in [-0.25, -0.2) is 4.68 Å². The molecule has 0 aliphatic carbocycles. The lowest BCUT2D eigenvalue weighted by atomic mass is 10.1. The van der Waals surface area contributed by atoms with Crippen molar-refractivity contribution < 1.29 is 14.7 Å². The van der Waals surface area contributed by atoms with Gasteiger partial charge in [-0.3, -0.25) is 9.59 Å². The second-order valence-corrected chi connectivity index (χ2v) is 7.41. The quantitative estimate of drug-likeness (QED) is 0.532. The number of aromatic nitrogens is 2. The summed E-state index contributed by atoms with van der Waals surface area (Å²) in [5.74, 6) is -1.09. The molecule has 0 saturated heterocycles. The Kier molecular flexibility index (Phi) is 4.67. The number of carbonyl (C=O) groups excluding carboxylic acids is 1. The SMILES string of the molecule is Cc1nn(-c2ccccc2)c2sc(C(=O)Nc3ccc(CC(=O)O)cc3)cc12. The predicted molar refractivity (Wildman–Crippen MR) is 109 cm³/mol. The molecule has 140 valence electrons. The van der Waals surface area contributed by atoms with E-state index in [1.54, 1.807) is 24.3 Å². The van der Waals surface area contributed by atoms with Crippen molar-refractivity contribution >= 4 is 39.1 Å². The fourth-order valence-corrected chi connectivity index (χ4v) is 4.05. The van der Waals surface area contributed by atoms with Gasteiger partial charge in [-0.2, -0.15) is 5.10 Å². The molecule has 1 amide bonds. The van der Waals surface area contributed by atoms with Crippen molar-refractivity contribution in [3.8, 4) is 5.69 Å². The van der Waals surface area contributed by atoms with E-state index in [1.807, 2.05) is 48.0 Å². The van der Waals surface area contributed by atoms with Crippen LogP contribution in [0.5, 0.6) is 0 Å². The molecule has 2 aromatic heterocycles. The van der Waals surface area contributed by atoms with Gasteiger partial charge in [0.2, 0.25) is 0 Å². The van der Waals surface area contributed by atoms with E-state index in [0.29, 0.717) is 16.1 Å². The summed E-state index contributed by atoms with van der Waals surface area (Å²) in [5.41, 5.74) is 3.12. The van der Waals surface area contributed by atoms with Crippen molar-refractivity contribution in [2.24, 2.45) is 0 Å². The highest BCUT2D eigenvalue weighted by Gasteiger charge is 2.17. The van der Waals surface area contributed by atoms with E-state index in [-0.39, 0.29) is 12.3 Å². The Morgan fingerprint density at radius 1 is 1.11 bits per heavy atom.